The molecule has 1 aliphatic heterocycles. The molecule has 1 atom stereocenters. The van der Waals surface area contributed by atoms with Crippen molar-refractivity contribution < 1.29 is 0 Å². The lowest BCUT2D eigenvalue weighted by molar-refractivity contribution is 0.176. The maximum atomic E-state index is 5.74. The number of nitrogens with zero attached hydrogens (tertiary/aromatic N) is 2. The van der Waals surface area contributed by atoms with Crippen LogP contribution in [0.25, 0.3) is 0 Å². The van der Waals surface area contributed by atoms with Crippen LogP contribution < -0.4 is 0 Å². The zero-order valence-corrected chi connectivity index (χ0v) is 10.7. The summed E-state index contributed by atoms with van der Waals surface area (Å²) in [6.07, 6.45) is 2.70. The second-order valence-electron chi connectivity index (χ2n) is 4.35. The van der Waals surface area contributed by atoms with Crippen LogP contribution in [-0.2, 0) is 12.4 Å². The summed E-state index contributed by atoms with van der Waals surface area (Å²) in [6.45, 7) is 5.78. The number of likely N-dealkylation sites (tertiary alicyclic amines) is 1. The molecule has 15 heavy (non-hydrogen) atoms. The standard InChI is InChI=1S/C11H17ClN2S/c1-9-3-2-4-14(6-9)7-11-13-10(5-12)8-15-11/h8-9H,2-7H2,1H3. The maximum Gasteiger partial charge on any atom is 0.107 e. The minimum Gasteiger partial charge on any atom is -0.296 e. The number of halogens is 1. The van der Waals surface area contributed by atoms with Crippen LogP contribution in [-0.4, -0.2) is 23.0 Å². The number of hydrogen-bond acceptors (Lipinski definition) is 3. The third-order valence-corrected chi connectivity index (χ3v) is 3.99. The second-order valence-corrected chi connectivity index (χ2v) is 5.56. The number of rotatable bonds is 3. The van der Waals surface area contributed by atoms with Gasteiger partial charge in [-0.15, -0.1) is 22.9 Å². The van der Waals surface area contributed by atoms with E-state index in [1.807, 2.05) is 0 Å². The summed E-state index contributed by atoms with van der Waals surface area (Å²) >= 11 is 7.47. The Morgan fingerprint density at radius 3 is 3.20 bits per heavy atom. The first-order chi connectivity index (χ1) is 7.28. The van der Waals surface area contributed by atoms with E-state index in [0.29, 0.717) is 5.88 Å². The van der Waals surface area contributed by atoms with Gasteiger partial charge in [-0.2, -0.15) is 0 Å². The molecule has 0 radical (unpaired) electrons. The van der Waals surface area contributed by atoms with E-state index in [1.54, 1.807) is 11.3 Å². The quantitative estimate of drug-likeness (QED) is 0.760. The lowest BCUT2D eigenvalue weighted by Gasteiger charge is -2.29. The van der Waals surface area contributed by atoms with Crippen molar-refractivity contribution in [3.8, 4) is 0 Å². The van der Waals surface area contributed by atoms with Gasteiger partial charge in [-0.05, 0) is 25.3 Å². The molecule has 1 aromatic heterocycles. The number of hydrogen-bond donors (Lipinski definition) is 0. The molecule has 2 rings (SSSR count). The van der Waals surface area contributed by atoms with E-state index in [4.69, 9.17) is 11.6 Å². The molecular weight excluding hydrogens is 228 g/mol. The highest BCUT2D eigenvalue weighted by molar-refractivity contribution is 7.09. The molecule has 2 nitrogen and oxygen atoms in total. The molecule has 1 fully saturated rings. The summed E-state index contributed by atoms with van der Waals surface area (Å²) in [5.74, 6) is 1.37. The molecule has 0 bridgehead atoms. The Hall–Kier alpha value is -0.120. The van der Waals surface area contributed by atoms with Crippen LogP contribution in [0, 0.1) is 5.92 Å². The van der Waals surface area contributed by atoms with Crippen molar-refractivity contribution in [2.24, 2.45) is 5.92 Å². The summed E-state index contributed by atoms with van der Waals surface area (Å²) in [7, 11) is 0. The first kappa shape index (κ1) is 11.4. The predicted octanol–water partition coefficient (Wildman–Crippen LogP) is 3.11. The van der Waals surface area contributed by atoms with Gasteiger partial charge in [0.05, 0.1) is 18.1 Å². The predicted molar refractivity (Wildman–Crippen MR) is 65.3 cm³/mol. The van der Waals surface area contributed by atoms with Crippen LogP contribution in [0.5, 0.6) is 0 Å². The zero-order valence-electron chi connectivity index (χ0n) is 9.08. The Bertz CT molecular complexity index is 313. The van der Waals surface area contributed by atoms with E-state index in [9.17, 15) is 0 Å². The van der Waals surface area contributed by atoms with Gasteiger partial charge in [0.1, 0.15) is 5.01 Å². The van der Waals surface area contributed by atoms with Gasteiger partial charge in [0.15, 0.2) is 0 Å². The molecule has 0 aromatic carbocycles. The van der Waals surface area contributed by atoms with E-state index in [0.717, 1.165) is 18.2 Å². The van der Waals surface area contributed by atoms with Crippen molar-refractivity contribution in [3.63, 3.8) is 0 Å². The number of aromatic nitrogens is 1. The van der Waals surface area contributed by atoms with E-state index in [-0.39, 0.29) is 0 Å². The Balaban J connectivity index is 1.90. The average molecular weight is 245 g/mol. The smallest absolute Gasteiger partial charge is 0.107 e. The summed E-state index contributed by atoms with van der Waals surface area (Å²) < 4.78 is 0. The fourth-order valence-corrected chi connectivity index (χ4v) is 3.17. The molecule has 84 valence electrons. The third-order valence-electron chi connectivity index (χ3n) is 2.84. The average Bonchev–Trinajstić information content (AvgIpc) is 2.65. The maximum absolute atomic E-state index is 5.74. The van der Waals surface area contributed by atoms with E-state index in [1.165, 1.54) is 30.9 Å². The molecule has 0 N–H and O–H groups in total. The SMILES string of the molecule is CC1CCCN(Cc2nc(CCl)cs2)C1. The van der Waals surface area contributed by atoms with Gasteiger partial charge < -0.3 is 0 Å². The Kier molecular flexibility index (Phi) is 4.00. The number of thiazole rings is 1. The Labute approximate surface area is 100 Å². The van der Waals surface area contributed by atoms with Gasteiger partial charge >= 0.3 is 0 Å². The monoisotopic (exact) mass is 244 g/mol. The van der Waals surface area contributed by atoms with Gasteiger partial charge in [-0.25, -0.2) is 4.98 Å². The molecule has 0 spiro atoms. The van der Waals surface area contributed by atoms with Crippen LogP contribution in [0.1, 0.15) is 30.5 Å². The molecule has 0 aliphatic carbocycles. The minimum atomic E-state index is 0.535. The Morgan fingerprint density at radius 2 is 2.53 bits per heavy atom. The van der Waals surface area contributed by atoms with Crippen LogP contribution in [0.2, 0.25) is 0 Å². The first-order valence-electron chi connectivity index (χ1n) is 5.49. The fourth-order valence-electron chi connectivity index (χ4n) is 2.10. The van der Waals surface area contributed by atoms with Crippen LogP contribution in [0.4, 0.5) is 0 Å². The zero-order chi connectivity index (χ0) is 10.7. The van der Waals surface area contributed by atoms with Crippen LogP contribution in [0.3, 0.4) is 0 Å². The van der Waals surface area contributed by atoms with Crippen molar-refractivity contribution in [1.82, 2.24) is 9.88 Å². The highest BCUT2D eigenvalue weighted by atomic mass is 35.5. The van der Waals surface area contributed by atoms with Crippen molar-refractivity contribution in [1.29, 1.82) is 0 Å². The van der Waals surface area contributed by atoms with Gasteiger partial charge in [0.2, 0.25) is 0 Å². The molecule has 4 heteroatoms. The minimum absolute atomic E-state index is 0.535. The lowest BCUT2D eigenvalue weighted by Crippen LogP contribution is -2.33. The highest BCUT2D eigenvalue weighted by Gasteiger charge is 2.17. The second kappa shape index (κ2) is 5.28. The molecule has 1 saturated heterocycles. The van der Waals surface area contributed by atoms with Crippen molar-refractivity contribution in [2.45, 2.75) is 32.2 Å². The van der Waals surface area contributed by atoms with E-state index in [2.05, 4.69) is 22.2 Å². The summed E-state index contributed by atoms with van der Waals surface area (Å²) in [5.41, 5.74) is 1.02. The molecule has 1 aliphatic rings. The molecule has 1 aromatic rings. The summed E-state index contributed by atoms with van der Waals surface area (Å²) in [6, 6.07) is 0. The van der Waals surface area contributed by atoms with Gasteiger partial charge in [-0.3, -0.25) is 4.90 Å². The number of alkyl halides is 1. The van der Waals surface area contributed by atoms with Crippen molar-refractivity contribution in [2.75, 3.05) is 13.1 Å². The molecule has 0 amide bonds. The van der Waals surface area contributed by atoms with Gasteiger partial charge in [0.25, 0.3) is 0 Å². The van der Waals surface area contributed by atoms with Gasteiger partial charge in [-0.1, -0.05) is 6.92 Å². The Morgan fingerprint density at radius 1 is 1.67 bits per heavy atom. The molecule has 0 saturated carbocycles. The van der Waals surface area contributed by atoms with Crippen LogP contribution in [0.15, 0.2) is 5.38 Å². The van der Waals surface area contributed by atoms with E-state index < -0.39 is 0 Å². The van der Waals surface area contributed by atoms with Crippen LogP contribution >= 0.6 is 22.9 Å². The number of piperidine rings is 1. The fraction of sp³-hybridized carbons (Fsp3) is 0.727. The largest absolute Gasteiger partial charge is 0.296 e. The third kappa shape index (κ3) is 3.16. The first-order valence-corrected chi connectivity index (χ1v) is 6.91. The van der Waals surface area contributed by atoms with E-state index >= 15 is 0 Å². The normalized spacial score (nSPS) is 23.2. The molecule has 1 unspecified atom stereocenters. The summed E-state index contributed by atoms with van der Waals surface area (Å²) in [4.78, 5) is 7.00. The molecular formula is C11H17ClN2S. The topological polar surface area (TPSA) is 16.1 Å². The van der Waals surface area contributed by atoms with Crippen molar-refractivity contribution in [3.05, 3.63) is 16.1 Å². The van der Waals surface area contributed by atoms with Crippen molar-refractivity contribution >= 4 is 22.9 Å². The summed E-state index contributed by atoms with van der Waals surface area (Å²) in [5, 5.41) is 3.27. The molecule has 2 heterocycles. The lowest BCUT2D eigenvalue weighted by atomic mass is 10.0. The van der Waals surface area contributed by atoms with Gasteiger partial charge in [0, 0.05) is 11.9 Å². The highest BCUT2D eigenvalue weighted by Crippen LogP contribution is 2.19.